The lowest BCUT2D eigenvalue weighted by molar-refractivity contribution is -0.131. The third-order valence-corrected chi connectivity index (χ3v) is 4.70. The van der Waals surface area contributed by atoms with Gasteiger partial charge in [-0.05, 0) is 39.3 Å². The molecule has 1 aromatic rings. The SMILES string of the molecule is CCCC1NC(c2ccc(C)s2)N(CCOC(C)C)C1=O. The highest BCUT2D eigenvalue weighted by Crippen LogP contribution is 2.31. The molecule has 2 rings (SSSR count). The Balaban J connectivity index is 2.09. The molecule has 2 heterocycles. The lowest BCUT2D eigenvalue weighted by Gasteiger charge is -2.23. The maximum Gasteiger partial charge on any atom is 0.241 e. The van der Waals surface area contributed by atoms with Crippen molar-refractivity contribution < 1.29 is 9.53 Å². The van der Waals surface area contributed by atoms with E-state index >= 15 is 0 Å². The van der Waals surface area contributed by atoms with Gasteiger partial charge in [-0.1, -0.05) is 13.3 Å². The molecule has 1 aliphatic rings. The second-order valence-corrected chi connectivity index (χ2v) is 7.13. The van der Waals surface area contributed by atoms with Gasteiger partial charge >= 0.3 is 0 Å². The molecule has 0 spiro atoms. The van der Waals surface area contributed by atoms with E-state index < -0.39 is 0 Å². The second-order valence-electron chi connectivity index (χ2n) is 5.81. The summed E-state index contributed by atoms with van der Waals surface area (Å²) in [6, 6.07) is 4.18. The fourth-order valence-electron chi connectivity index (χ4n) is 2.64. The summed E-state index contributed by atoms with van der Waals surface area (Å²) in [5.74, 6) is 0.209. The van der Waals surface area contributed by atoms with Gasteiger partial charge in [-0.25, -0.2) is 0 Å². The minimum atomic E-state index is -0.0542. The fourth-order valence-corrected chi connectivity index (χ4v) is 3.59. The van der Waals surface area contributed by atoms with Crippen molar-refractivity contribution >= 4 is 17.2 Å². The molecule has 2 atom stereocenters. The van der Waals surface area contributed by atoms with E-state index in [0.29, 0.717) is 13.2 Å². The van der Waals surface area contributed by atoms with Gasteiger partial charge in [0.2, 0.25) is 5.91 Å². The van der Waals surface area contributed by atoms with E-state index in [9.17, 15) is 4.79 Å². The van der Waals surface area contributed by atoms with Gasteiger partial charge in [0.15, 0.2) is 0 Å². The smallest absolute Gasteiger partial charge is 0.241 e. The van der Waals surface area contributed by atoms with Crippen LogP contribution in [0.2, 0.25) is 0 Å². The molecule has 21 heavy (non-hydrogen) atoms. The number of aryl methyl sites for hydroxylation is 1. The summed E-state index contributed by atoms with van der Waals surface area (Å²) in [4.78, 5) is 17.0. The number of carbonyl (C=O) groups excluding carboxylic acids is 1. The van der Waals surface area contributed by atoms with Gasteiger partial charge < -0.3 is 9.64 Å². The van der Waals surface area contributed by atoms with Crippen LogP contribution in [0.5, 0.6) is 0 Å². The van der Waals surface area contributed by atoms with Crippen molar-refractivity contribution in [1.82, 2.24) is 10.2 Å². The van der Waals surface area contributed by atoms with Gasteiger partial charge in [0.05, 0.1) is 18.8 Å². The number of ether oxygens (including phenoxy) is 1. The van der Waals surface area contributed by atoms with Crippen molar-refractivity contribution in [1.29, 1.82) is 0 Å². The van der Waals surface area contributed by atoms with Crippen molar-refractivity contribution in [2.45, 2.75) is 58.8 Å². The number of nitrogens with one attached hydrogen (secondary N) is 1. The lowest BCUT2D eigenvalue weighted by Crippen LogP contribution is -2.34. The van der Waals surface area contributed by atoms with Crippen molar-refractivity contribution in [2.75, 3.05) is 13.2 Å². The third-order valence-electron chi connectivity index (χ3n) is 3.64. The highest BCUT2D eigenvalue weighted by atomic mass is 32.1. The number of amides is 1. The van der Waals surface area contributed by atoms with Crippen LogP contribution in [0.15, 0.2) is 12.1 Å². The van der Waals surface area contributed by atoms with Gasteiger partial charge in [0.1, 0.15) is 6.17 Å². The Hall–Kier alpha value is -0.910. The molecule has 5 heteroatoms. The molecule has 1 aliphatic heterocycles. The molecule has 1 aromatic heterocycles. The average molecular weight is 310 g/mol. The molecule has 1 amide bonds. The first-order valence-electron chi connectivity index (χ1n) is 7.77. The molecule has 0 radical (unpaired) electrons. The van der Waals surface area contributed by atoms with E-state index in [1.165, 1.54) is 9.75 Å². The Bertz CT molecular complexity index is 473. The van der Waals surface area contributed by atoms with Crippen LogP contribution in [0.3, 0.4) is 0 Å². The standard InChI is InChI=1S/C16H26N2O2S/c1-5-6-13-16(19)18(9-10-20-11(2)3)15(17-13)14-8-7-12(4)21-14/h7-8,11,13,15,17H,5-6,9-10H2,1-4H3. The summed E-state index contributed by atoms with van der Waals surface area (Å²) in [7, 11) is 0. The predicted octanol–water partition coefficient (Wildman–Crippen LogP) is 3.08. The van der Waals surface area contributed by atoms with E-state index in [1.54, 1.807) is 11.3 Å². The Morgan fingerprint density at radius 3 is 2.76 bits per heavy atom. The highest BCUT2D eigenvalue weighted by Gasteiger charge is 2.39. The molecule has 0 bridgehead atoms. The Kier molecular flexibility index (Phi) is 5.79. The van der Waals surface area contributed by atoms with Crippen molar-refractivity contribution in [3.8, 4) is 0 Å². The third kappa shape index (κ3) is 4.05. The number of thiophene rings is 1. The van der Waals surface area contributed by atoms with E-state index in [1.807, 2.05) is 18.7 Å². The van der Waals surface area contributed by atoms with Gasteiger partial charge in [-0.3, -0.25) is 10.1 Å². The average Bonchev–Trinajstić information content (AvgIpc) is 2.97. The zero-order valence-corrected chi connectivity index (χ0v) is 14.2. The van der Waals surface area contributed by atoms with Crippen LogP contribution < -0.4 is 5.32 Å². The first-order valence-corrected chi connectivity index (χ1v) is 8.59. The predicted molar refractivity (Wildman–Crippen MR) is 86.4 cm³/mol. The fraction of sp³-hybridized carbons (Fsp3) is 0.688. The number of carbonyl (C=O) groups is 1. The molecule has 2 unspecified atom stereocenters. The number of nitrogens with zero attached hydrogens (tertiary/aromatic N) is 1. The Labute approximate surface area is 131 Å². The molecule has 1 saturated heterocycles. The van der Waals surface area contributed by atoms with E-state index in [2.05, 4.69) is 31.3 Å². The van der Waals surface area contributed by atoms with Gasteiger partial charge in [-0.15, -0.1) is 11.3 Å². The van der Waals surface area contributed by atoms with E-state index in [4.69, 9.17) is 4.74 Å². The molecular formula is C16H26N2O2S. The first-order chi connectivity index (χ1) is 10.0. The molecule has 0 saturated carbocycles. The zero-order chi connectivity index (χ0) is 15.4. The number of hydrogen-bond donors (Lipinski definition) is 1. The summed E-state index contributed by atoms with van der Waals surface area (Å²) in [6.45, 7) is 9.48. The van der Waals surface area contributed by atoms with Crippen LogP contribution in [0.25, 0.3) is 0 Å². The summed E-state index contributed by atoms with van der Waals surface area (Å²) < 4.78 is 5.62. The number of rotatable bonds is 7. The molecule has 0 aromatic carbocycles. The van der Waals surface area contributed by atoms with Gasteiger partial charge in [-0.2, -0.15) is 0 Å². The van der Waals surface area contributed by atoms with Crippen molar-refractivity contribution in [3.05, 3.63) is 21.9 Å². The van der Waals surface area contributed by atoms with Crippen LogP contribution in [-0.4, -0.2) is 36.1 Å². The zero-order valence-electron chi connectivity index (χ0n) is 13.4. The van der Waals surface area contributed by atoms with Crippen LogP contribution in [-0.2, 0) is 9.53 Å². The topological polar surface area (TPSA) is 41.6 Å². The molecule has 0 aliphatic carbocycles. The monoisotopic (exact) mass is 310 g/mol. The molecular weight excluding hydrogens is 284 g/mol. The van der Waals surface area contributed by atoms with Crippen LogP contribution in [0.4, 0.5) is 0 Å². The minimum absolute atomic E-state index is 0.00325. The Morgan fingerprint density at radius 1 is 1.43 bits per heavy atom. The van der Waals surface area contributed by atoms with E-state index in [-0.39, 0.29) is 24.2 Å². The summed E-state index contributed by atoms with van der Waals surface area (Å²) in [5, 5.41) is 3.49. The number of hydrogen-bond acceptors (Lipinski definition) is 4. The molecule has 118 valence electrons. The first kappa shape index (κ1) is 16.5. The molecule has 1 N–H and O–H groups in total. The van der Waals surface area contributed by atoms with Crippen LogP contribution in [0.1, 0.15) is 49.5 Å². The highest BCUT2D eigenvalue weighted by molar-refractivity contribution is 7.12. The molecule has 1 fully saturated rings. The normalized spacial score (nSPS) is 22.5. The summed E-state index contributed by atoms with van der Waals surface area (Å²) >= 11 is 1.75. The van der Waals surface area contributed by atoms with Crippen LogP contribution in [0, 0.1) is 6.92 Å². The van der Waals surface area contributed by atoms with Crippen molar-refractivity contribution in [3.63, 3.8) is 0 Å². The maximum absolute atomic E-state index is 12.6. The van der Waals surface area contributed by atoms with Gasteiger partial charge in [0, 0.05) is 16.3 Å². The quantitative estimate of drug-likeness (QED) is 0.841. The van der Waals surface area contributed by atoms with Crippen molar-refractivity contribution in [2.24, 2.45) is 0 Å². The lowest BCUT2D eigenvalue weighted by atomic mass is 10.2. The largest absolute Gasteiger partial charge is 0.377 e. The summed E-state index contributed by atoms with van der Waals surface area (Å²) in [6.07, 6.45) is 2.10. The van der Waals surface area contributed by atoms with Crippen LogP contribution >= 0.6 is 11.3 Å². The Morgan fingerprint density at radius 2 is 2.19 bits per heavy atom. The maximum atomic E-state index is 12.6. The summed E-state index contributed by atoms with van der Waals surface area (Å²) in [5.41, 5.74) is 0. The second kappa shape index (κ2) is 7.38. The van der Waals surface area contributed by atoms with Gasteiger partial charge in [0.25, 0.3) is 0 Å². The minimum Gasteiger partial charge on any atom is -0.377 e. The van der Waals surface area contributed by atoms with E-state index in [0.717, 1.165) is 12.8 Å². The molecule has 4 nitrogen and oxygen atoms in total.